The molecule has 2 aliphatic heterocycles. The van der Waals surface area contributed by atoms with Crippen LogP contribution in [0.5, 0.6) is 11.5 Å². The maximum atomic E-state index is 13.3. The molecule has 0 N–H and O–H groups in total. The first kappa shape index (κ1) is 20.0. The zero-order valence-corrected chi connectivity index (χ0v) is 17.0. The molecular formula is C21H32N2O4. The van der Waals surface area contributed by atoms with Gasteiger partial charge < -0.3 is 19.1 Å². The van der Waals surface area contributed by atoms with Crippen molar-refractivity contribution >= 4 is 5.91 Å². The van der Waals surface area contributed by atoms with Gasteiger partial charge in [-0.2, -0.15) is 0 Å². The third-order valence-electron chi connectivity index (χ3n) is 5.62. The number of rotatable bonds is 5. The zero-order valence-electron chi connectivity index (χ0n) is 17.0. The Morgan fingerprint density at radius 1 is 1.15 bits per heavy atom. The third kappa shape index (κ3) is 4.22. The van der Waals surface area contributed by atoms with Crippen LogP contribution in [-0.4, -0.2) is 67.8 Å². The minimum absolute atomic E-state index is 0.159. The third-order valence-corrected chi connectivity index (χ3v) is 5.62. The summed E-state index contributed by atoms with van der Waals surface area (Å²) in [4.78, 5) is 17.6. The predicted molar refractivity (Wildman–Crippen MR) is 104 cm³/mol. The highest BCUT2D eigenvalue weighted by Crippen LogP contribution is 2.32. The van der Waals surface area contributed by atoms with Crippen molar-refractivity contribution in [1.82, 2.24) is 9.80 Å². The smallest absolute Gasteiger partial charge is 0.256 e. The van der Waals surface area contributed by atoms with E-state index in [-0.39, 0.29) is 11.9 Å². The molecule has 1 atom stereocenters. The Hall–Kier alpha value is -1.79. The number of hydrogen-bond acceptors (Lipinski definition) is 5. The van der Waals surface area contributed by atoms with Gasteiger partial charge in [0.15, 0.2) is 17.1 Å². The molecule has 1 unspecified atom stereocenters. The molecule has 1 aromatic carbocycles. The number of benzene rings is 1. The highest BCUT2D eigenvalue weighted by atomic mass is 16.5. The fraction of sp³-hybridized carbons (Fsp3) is 0.667. The lowest BCUT2D eigenvalue weighted by Crippen LogP contribution is -2.60. The number of carbonyl (C=O) groups excluding carboxylic acids is 1. The molecule has 1 amide bonds. The van der Waals surface area contributed by atoms with Gasteiger partial charge in [-0.3, -0.25) is 9.69 Å². The molecule has 1 aromatic rings. The van der Waals surface area contributed by atoms with E-state index in [2.05, 4.69) is 24.8 Å². The number of amides is 1. The summed E-state index contributed by atoms with van der Waals surface area (Å²) in [5.74, 6) is 1.62. The first-order valence-electron chi connectivity index (χ1n) is 9.87. The Labute approximate surface area is 162 Å². The lowest BCUT2D eigenvalue weighted by atomic mass is 9.93. The van der Waals surface area contributed by atoms with E-state index in [0.717, 1.165) is 56.0 Å². The SMILES string of the molecule is COc1ccc(CN2CCOC3(CCCCN(C(C)C)C3=O)C2)cc1OC. The van der Waals surface area contributed by atoms with Crippen molar-refractivity contribution in [2.24, 2.45) is 0 Å². The van der Waals surface area contributed by atoms with E-state index < -0.39 is 5.60 Å². The quantitative estimate of drug-likeness (QED) is 0.791. The van der Waals surface area contributed by atoms with Gasteiger partial charge in [-0.1, -0.05) is 6.07 Å². The van der Waals surface area contributed by atoms with Crippen LogP contribution in [0.1, 0.15) is 38.7 Å². The zero-order chi connectivity index (χ0) is 19.4. The van der Waals surface area contributed by atoms with Crippen molar-refractivity contribution in [2.75, 3.05) is 40.5 Å². The molecule has 0 radical (unpaired) electrons. The predicted octanol–water partition coefficient (Wildman–Crippen LogP) is 2.70. The van der Waals surface area contributed by atoms with Gasteiger partial charge in [0.25, 0.3) is 5.91 Å². The molecule has 2 fully saturated rings. The molecule has 6 nitrogen and oxygen atoms in total. The molecule has 2 heterocycles. The van der Waals surface area contributed by atoms with Gasteiger partial charge in [-0.15, -0.1) is 0 Å². The summed E-state index contributed by atoms with van der Waals surface area (Å²) < 4.78 is 16.9. The summed E-state index contributed by atoms with van der Waals surface area (Å²) in [5.41, 5.74) is 0.446. The van der Waals surface area contributed by atoms with Crippen LogP contribution in [0.4, 0.5) is 0 Å². The highest BCUT2D eigenvalue weighted by Gasteiger charge is 2.47. The number of nitrogens with zero attached hydrogens (tertiary/aromatic N) is 2. The second-order valence-electron chi connectivity index (χ2n) is 7.79. The van der Waals surface area contributed by atoms with E-state index in [0.29, 0.717) is 13.2 Å². The normalized spacial score (nSPS) is 24.3. The monoisotopic (exact) mass is 376 g/mol. The van der Waals surface area contributed by atoms with Gasteiger partial charge in [-0.05, 0) is 50.8 Å². The van der Waals surface area contributed by atoms with Crippen LogP contribution >= 0.6 is 0 Å². The minimum Gasteiger partial charge on any atom is -0.493 e. The lowest BCUT2D eigenvalue weighted by molar-refractivity contribution is -0.172. The van der Waals surface area contributed by atoms with Crippen molar-refractivity contribution < 1.29 is 19.0 Å². The van der Waals surface area contributed by atoms with Gasteiger partial charge in [0, 0.05) is 32.2 Å². The summed E-state index contributed by atoms with van der Waals surface area (Å²) in [6, 6.07) is 6.20. The number of likely N-dealkylation sites (tertiary alicyclic amines) is 1. The molecule has 3 rings (SSSR count). The van der Waals surface area contributed by atoms with Gasteiger partial charge in [0.1, 0.15) is 0 Å². The van der Waals surface area contributed by atoms with Crippen LogP contribution in [0.2, 0.25) is 0 Å². The molecule has 6 heteroatoms. The second-order valence-corrected chi connectivity index (χ2v) is 7.79. The summed E-state index contributed by atoms with van der Waals surface area (Å²) >= 11 is 0. The van der Waals surface area contributed by atoms with Crippen molar-refractivity contribution in [3.63, 3.8) is 0 Å². The van der Waals surface area contributed by atoms with Crippen LogP contribution in [0.25, 0.3) is 0 Å². The molecule has 2 saturated heterocycles. The molecule has 2 aliphatic rings. The van der Waals surface area contributed by atoms with Crippen LogP contribution in [-0.2, 0) is 16.1 Å². The summed E-state index contributed by atoms with van der Waals surface area (Å²) in [6.45, 7) is 7.82. The largest absolute Gasteiger partial charge is 0.493 e. The summed E-state index contributed by atoms with van der Waals surface area (Å²) in [5, 5.41) is 0. The van der Waals surface area contributed by atoms with E-state index in [1.807, 2.05) is 17.0 Å². The average Bonchev–Trinajstić information content (AvgIpc) is 2.81. The van der Waals surface area contributed by atoms with Gasteiger partial charge in [0.05, 0.1) is 20.8 Å². The standard InChI is InChI=1S/C21H32N2O4/c1-16(2)23-10-6-5-9-21(20(23)24)15-22(11-12-27-21)14-17-7-8-18(25-3)19(13-17)26-4/h7-8,13,16H,5-6,9-12,14-15H2,1-4H3. The maximum absolute atomic E-state index is 13.3. The fourth-order valence-electron chi connectivity index (χ4n) is 4.16. The molecule has 0 aliphatic carbocycles. The molecular weight excluding hydrogens is 344 g/mol. The van der Waals surface area contributed by atoms with Crippen molar-refractivity contribution in [3.8, 4) is 11.5 Å². The van der Waals surface area contributed by atoms with E-state index in [4.69, 9.17) is 14.2 Å². The second kappa shape index (κ2) is 8.48. The van der Waals surface area contributed by atoms with Crippen LogP contribution in [0.15, 0.2) is 18.2 Å². The Balaban J connectivity index is 1.76. The number of methoxy groups -OCH3 is 2. The van der Waals surface area contributed by atoms with E-state index in [1.54, 1.807) is 14.2 Å². The topological polar surface area (TPSA) is 51.2 Å². The first-order valence-corrected chi connectivity index (χ1v) is 9.87. The van der Waals surface area contributed by atoms with Crippen LogP contribution in [0.3, 0.4) is 0 Å². The Bertz CT molecular complexity index is 664. The average molecular weight is 376 g/mol. The van der Waals surface area contributed by atoms with Gasteiger partial charge in [-0.25, -0.2) is 0 Å². The Kier molecular flexibility index (Phi) is 6.27. The van der Waals surface area contributed by atoms with E-state index in [9.17, 15) is 4.79 Å². The van der Waals surface area contributed by atoms with Gasteiger partial charge >= 0.3 is 0 Å². The van der Waals surface area contributed by atoms with Gasteiger partial charge in [0.2, 0.25) is 0 Å². The fourth-order valence-corrected chi connectivity index (χ4v) is 4.16. The molecule has 27 heavy (non-hydrogen) atoms. The Morgan fingerprint density at radius 3 is 2.63 bits per heavy atom. The molecule has 1 spiro atoms. The number of carbonyl (C=O) groups is 1. The number of ether oxygens (including phenoxy) is 3. The molecule has 0 aromatic heterocycles. The van der Waals surface area contributed by atoms with E-state index in [1.165, 1.54) is 0 Å². The van der Waals surface area contributed by atoms with Crippen LogP contribution < -0.4 is 9.47 Å². The molecule has 150 valence electrons. The summed E-state index contributed by atoms with van der Waals surface area (Å²) in [7, 11) is 3.29. The minimum atomic E-state index is -0.699. The maximum Gasteiger partial charge on any atom is 0.256 e. The molecule has 0 saturated carbocycles. The van der Waals surface area contributed by atoms with Crippen LogP contribution in [0, 0.1) is 0 Å². The Morgan fingerprint density at radius 2 is 1.93 bits per heavy atom. The first-order chi connectivity index (χ1) is 13.0. The number of morpholine rings is 1. The summed E-state index contributed by atoms with van der Waals surface area (Å²) in [6.07, 6.45) is 2.88. The number of hydrogen-bond donors (Lipinski definition) is 0. The molecule has 0 bridgehead atoms. The van der Waals surface area contributed by atoms with Crippen molar-refractivity contribution in [2.45, 2.75) is 51.3 Å². The van der Waals surface area contributed by atoms with Crippen molar-refractivity contribution in [3.05, 3.63) is 23.8 Å². The van der Waals surface area contributed by atoms with Crippen molar-refractivity contribution in [1.29, 1.82) is 0 Å². The lowest BCUT2D eigenvalue weighted by Gasteiger charge is -2.43. The van der Waals surface area contributed by atoms with E-state index >= 15 is 0 Å². The highest BCUT2D eigenvalue weighted by molar-refractivity contribution is 5.86.